The number of hydrogen-bond donors (Lipinski definition) is 0. The zero-order valence-corrected chi connectivity index (χ0v) is 6.05. The number of benzene rings is 1. The Labute approximate surface area is 61.4 Å². The molecule has 0 saturated heterocycles. The molecule has 0 unspecified atom stereocenters. The van der Waals surface area contributed by atoms with Crippen molar-refractivity contribution in [2.45, 2.75) is 6.42 Å². The molecular formula is C8H9BO. The standard InChI is InChI=1S/C8H9BO/c9-7-3-1-2-6-4-5-10-8(6)7/h1-3H,4-5,9H2. The van der Waals surface area contributed by atoms with E-state index in [9.17, 15) is 0 Å². The molecule has 1 aliphatic heterocycles. The smallest absolute Gasteiger partial charge is 0.144 e. The third-order valence-electron chi connectivity index (χ3n) is 1.91. The van der Waals surface area contributed by atoms with E-state index >= 15 is 0 Å². The first-order chi connectivity index (χ1) is 4.88. The van der Waals surface area contributed by atoms with Gasteiger partial charge < -0.3 is 4.74 Å². The molecule has 1 aliphatic rings. The highest BCUT2D eigenvalue weighted by molar-refractivity contribution is 6.34. The maximum atomic E-state index is 5.43. The molecule has 1 heterocycles. The fourth-order valence-electron chi connectivity index (χ4n) is 1.38. The van der Waals surface area contributed by atoms with Crippen LogP contribution in [0.5, 0.6) is 5.75 Å². The Morgan fingerprint density at radius 1 is 1.40 bits per heavy atom. The lowest BCUT2D eigenvalue weighted by Crippen LogP contribution is -2.05. The maximum Gasteiger partial charge on any atom is 0.144 e. The van der Waals surface area contributed by atoms with E-state index in [-0.39, 0.29) is 0 Å². The van der Waals surface area contributed by atoms with Crippen LogP contribution >= 0.6 is 0 Å². The maximum absolute atomic E-state index is 5.43. The van der Waals surface area contributed by atoms with Crippen molar-refractivity contribution < 1.29 is 4.74 Å². The van der Waals surface area contributed by atoms with Crippen LogP contribution in [0.2, 0.25) is 0 Å². The van der Waals surface area contributed by atoms with Crippen molar-refractivity contribution in [1.29, 1.82) is 0 Å². The summed E-state index contributed by atoms with van der Waals surface area (Å²) in [5.74, 6) is 1.11. The monoisotopic (exact) mass is 132 g/mol. The van der Waals surface area contributed by atoms with E-state index in [1.54, 1.807) is 0 Å². The summed E-state index contributed by atoms with van der Waals surface area (Å²) < 4.78 is 5.43. The van der Waals surface area contributed by atoms with Gasteiger partial charge in [-0.2, -0.15) is 0 Å². The molecule has 2 heteroatoms. The third kappa shape index (κ3) is 0.720. The van der Waals surface area contributed by atoms with E-state index in [0.29, 0.717) is 0 Å². The number of ether oxygens (including phenoxy) is 1. The highest BCUT2D eigenvalue weighted by Crippen LogP contribution is 2.20. The number of para-hydroxylation sites is 1. The van der Waals surface area contributed by atoms with Gasteiger partial charge in [-0.25, -0.2) is 0 Å². The van der Waals surface area contributed by atoms with Crippen LogP contribution in [0, 0.1) is 0 Å². The molecule has 0 aliphatic carbocycles. The molecule has 50 valence electrons. The summed E-state index contributed by atoms with van der Waals surface area (Å²) in [6.07, 6.45) is 1.08. The lowest BCUT2D eigenvalue weighted by atomic mass is 9.93. The van der Waals surface area contributed by atoms with Gasteiger partial charge in [0.15, 0.2) is 0 Å². The summed E-state index contributed by atoms with van der Waals surface area (Å²) in [6.45, 7) is 0.861. The molecule has 0 fully saturated rings. The molecular weight excluding hydrogens is 123 g/mol. The number of rotatable bonds is 0. The second kappa shape index (κ2) is 2.05. The largest absolute Gasteiger partial charge is 0.494 e. The molecule has 0 saturated carbocycles. The predicted octanol–water partition coefficient (Wildman–Crippen LogP) is -0.120. The van der Waals surface area contributed by atoms with Crippen molar-refractivity contribution in [2.75, 3.05) is 6.61 Å². The molecule has 0 atom stereocenters. The first-order valence-corrected chi connectivity index (χ1v) is 3.59. The van der Waals surface area contributed by atoms with Crippen LogP contribution in [0.25, 0.3) is 0 Å². The van der Waals surface area contributed by atoms with Crippen molar-refractivity contribution in [1.82, 2.24) is 0 Å². The Morgan fingerprint density at radius 2 is 2.30 bits per heavy atom. The van der Waals surface area contributed by atoms with Crippen molar-refractivity contribution >= 4 is 13.3 Å². The zero-order valence-electron chi connectivity index (χ0n) is 6.05. The van der Waals surface area contributed by atoms with Crippen LogP contribution in [0.1, 0.15) is 5.56 Å². The van der Waals surface area contributed by atoms with Gasteiger partial charge in [0.1, 0.15) is 13.6 Å². The van der Waals surface area contributed by atoms with E-state index in [4.69, 9.17) is 4.74 Å². The normalized spacial score (nSPS) is 14.4. The Kier molecular flexibility index (Phi) is 1.19. The molecule has 0 N–H and O–H groups in total. The Bertz CT molecular complexity index is 257. The van der Waals surface area contributed by atoms with E-state index in [1.807, 2.05) is 0 Å². The molecule has 0 spiro atoms. The molecule has 0 radical (unpaired) electrons. The van der Waals surface area contributed by atoms with Gasteiger partial charge in [-0.1, -0.05) is 18.2 Å². The van der Waals surface area contributed by atoms with Crippen LogP contribution < -0.4 is 10.2 Å². The van der Waals surface area contributed by atoms with Gasteiger partial charge in [-0.15, -0.1) is 0 Å². The van der Waals surface area contributed by atoms with Gasteiger partial charge in [0.05, 0.1) is 6.61 Å². The molecule has 1 aromatic carbocycles. The third-order valence-corrected chi connectivity index (χ3v) is 1.91. The average Bonchev–Trinajstić information content (AvgIpc) is 2.36. The van der Waals surface area contributed by atoms with Crippen molar-refractivity contribution in [2.24, 2.45) is 0 Å². The molecule has 2 rings (SSSR count). The first-order valence-electron chi connectivity index (χ1n) is 3.59. The fourth-order valence-corrected chi connectivity index (χ4v) is 1.38. The highest BCUT2D eigenvalue weighted by Gasteiger charge is 2.11. The second-order valence-electron chi connectivity index (χ2n) is 2.66. The van der Waals surface area contributed by atoms with Gasteiger partial charge in [-0.05, 0) is 11.0 Å². The van der Waals surface area contributed by atoms with Gasteiger partial charge in [0, 0.05) is 6.42 Å². The number of hydrogen-bond acceptors (Lipinski definition) is 1. The van der Waals surface area contributed by atoms with Crippen molar-refractivity contribution in [3.8, 4) is 5.75 Å². The van der Waals surface area contributed by atoms with Crippen molar-refractivity contribution in [3.05, 3.63) is 23.8 Å². The predicted molar refractivity (Wildman–Crippen MR) is 43.8 cm³/mol. The Hall–Kier alpha value is -0.915. The van der Waals surface area contributed by atoms with E-state index < -0.39 is 0 Å². The summed E-state index contributed by atoms with van der Waals surface area (Å²) >= 11 is 0. The van der Waals surface area contributed by atoms with Crippen LogP contribution in [0.4, 0.5) is 0 Å². The quantitative estimate of drug-likeness (QED) is 0.447. The molecule has 0 aromatic heterocycles. The van der Waals surface area contributed by atoms with Crippen LogP contribution in [-0.2, 0) is 6.42 Å². The van der Waals surface area contributed by atoms with Crippen LogP contribution in [-0.4, -0.2) is 14.5 Å². The van der Waals surface area contributed by atoms with Gasteiger partial charge in [0.25, 0.3) is 0 Å². The van der Waals surface area contributed by atoms with E-state index in [0.717, 1.165) is 18.8 Å². The van der Waals surface area contributed by atoms with Crippen molar-refractivity contribution in [3.63, 3.8) is 0 Å². The van der Waals surface area contributed by atoms with E-state index in [1.165, 1.54) is 11.0 Å². The molecule has 0 bridgehead atoms. The van der Waals surface area contributed by atoms with E-state index in [2.05, 4.69) is 26.0 Å². The minimum absolute atomic E-state index is 0.861. The molecule has 1 aromatic rings. The summed E-state index contributed by atoms with van der Waals surface area (Å²) in [4.78, 5) is 0. The molecule has 10 heavy (non-hydrogen) atoms. The molecule has 1 nitrogen and oxygen atoms in total. The lowest BCUT2D eigenvalue weighted by molar-refractivity contribution is 0.359. The number of fused-ring (bicyclic) bond motifs is 1. The zero-order chi connectivity index (χ0) is 6.97. The average molecular weight is 132 g/mol. The summed E-state index contributed by atoms with van der Waals surface area (Å²) in [5.41, 5.74) is 2.62. The van der Waals surface area contributed by atoms with Gasteiger partial charge in [-0.3, -0.25) is 0 Å². The Balaban J connectivity index is 2.59. The SMILES string of the molecule is Bc1cccc2c1OCC2. The summed E-state index contributed by atoms with van der Waals surface area (Å²) in [5, 5.41) is 0. The summed E-state index contributed by atoms with van der Waals surface area (Å²) in [7, 11) is 2.09. The first kappa shape index (κ1) is 5.84. The Morgan fingerprint density at radius 3 is 3.10 bits per heavy atom. The minimum atomic E-state index is 0.861. The van der Waals surface area contributed by atoms with Crippen LogP contribution in [0.3, 0.4) is 0 Å². The lowest BCUT2D eigenvalue weighted by Gasteiger charge is -2.00. The topological polar surface area (TPSA) is 9.23 Å². The van der Waals surface area contributed by atoms with Crippen LogP contribution in [0.15, 0.2) is 18.2 Å². The second-order valence-corrected chi connectivity index (χ2v) is 2.66. The van der Waals surface area contributed by atoms with Gasteiger partial charge in [0.2, 0.25) is 0 Å². The summed E-state index contributed by atoms with van der Waals surface area (Å²) in [6, 6.07) is 6.31. The fraction of sp³-hybridized carbons (Fsp3) is 0.250. The minimum Gasteiger partial charge on any atom is -0.494 e. The molecule has 0 amide bonds. The highest BCUT2D eigenvalue weighted by atomic mass is 16.5. The van der Waals surface area contributed by atoms with Gasteiger partial charge >= 0.3 is 0 Å².